The van der Waals surface area contributed by atoms with Gasteiger partial charge in [0.2, 0.25) is 0 Å². The van der Waals surface area contributed by atoms with Crippen molar-refractivity contribution in [3.05, 3.63) is 71.8 Å². The molecular weight excluding hydrogens is 946 g/mol. The van der Waals surface area contributed by atoms with E-state index in [9.17, 15) is 29.4 Å². The second-order valence-electron chi connectivity index (χ2n) is 17.5. The van der Waals surface area contributed by atoms with E-state index in [1.165, 1.54) is 39.5 Å². The zero-order valence-electron chi connectivity index (χ0n) is 41.1. The van der Waals surface area contributed by atoms with Crippen LogP contribution in [0, 0.1) is 0 Å². The second kappa shape index (κ2) is 44.3. The quantitative estimate of drug-likeness (QED) is 0.0358. The van der Waals surface area contributed by atoms with Crippen LogP contribution in [0.15, 0.2) is 60.7 Å². The van der Waals surface area contributed by atoms with Gasteiger partial charge in [0, 0.05) is 38.6 Å². The number of unbranched alkanes of at least 4 members (excludes halogenated alkanes) is 16. The van der Waals surface area contributed by atoms with Crippen LogP contribution in [0.3, 0.4) is 0 Å². The van der Waals surface area contributed by atoms with Gasteiger partial charge in [-0.1, -0.05) is 177 Å². The number of carbonyl (C=O) groups is 4. The standard InChI is InChI=1S/2C27H44O5.Ba/c2*1-3-4-11-18-25(31-22-24-16-12-10-13-17-24)21-26(32-23(2)28)19-14-8-6-5-7-9-15-20-27(29)30;/h2*10,12-13,16-17,25-26H,3-9,11,14-15,18-22H2,1-2H3,(H,29,30);/q;;+2/p-2. The normalized spacial score (nSPS) is 12.7. The predicted molar refractivity (Wildman–Crippen MR) is 258 cm³/mol. The van der Waals surface area contributed by atoms with Gasteiger partial charge in [-0.25, -0.2) is 0 Å². The molecule has 65 heavy (non-hydrogen) atoms. The molecule has 4 atom stereocenters. The number of hydrogen-bond acceptors (Lipinski definition) is 10. The molecule has 0 aromatic heterocycles. The van der Waals surface area contributed by atoms with Crippen molar-refractivity contribution in [2.45, 2.75) is 245 Å². The number of carboxylic acid groups (broad SMARTS) is 2. The van der Waals surface area contributed by atoms with Gasteiger partial charge in [0.05, 0.1) is 25.4 Å². The maximum Gasteiger partial charge on any atom is 2.00 e. The molecule has 0 fully saturated rings. The van der Waals surface area contributed by atoms with Crippen LogP contribution in [0.5, 0.6) is 0 Å². The van der Waals surface area contributed by atoms with E-state index in [1.54, 1.807) is 0 Å². The molecule has 11 heteroatoms. The number of ether oxygens (including phenoxy) is 4. The Morgan fingerprint density at radius 3 is 1.03 bits per heavy atom. The Labute approximate surface area is 434 Å². The van der Waals surface area contributed by atoms with Gasteiger partial charge in [-0.2, -0.15) is 0 Å². The fraction of sp³-hybridized carbons (Fsp3) is 0.704. The van der Waals surface area contributed by atoms with Crippen LogP contribution in [0.1, 0.15) is 219 Å². The SMILES string of the molecule is CCCCCC(CC(CCCCCCCCCC(=O)[O-])OC(C)=O)OCc1ccccc1.CCCCCC(CC(CCCCCCCCCC(=O)[O-])OC(C)=O)OCc1ccccc1.[Ba+2]. The Morgan fingerprint density at radius 2 is 0.723 bits per heavy atom. The summed E-state index contributed by atoms with van der Waals surface area (Å²) in [5, 5.41) is 20.8. The Bertz CT molecular complexity index is 1320. The molecule has 0 radical (unpaired) electrons. The van der Waals surface area contributed by atoms with E-state index in [0.29, 0.717) is 26.1 Å². The third-order valence-corrected chi connectivity index (χ3v) is 11.4. The molecule has 4 unspecified atom stereocenters. The number of carbonyl (C=O) groups excluding carboxylic acids is 4. The summed E-state index contributed by atoms with van der Waals surface area (Å²) in [6, 6.07) is 20.4. The Hall–Kier alpha value is -2.19. The minimum absolute atomic E-state index is 0. The first-order valence-electron chi connectivity index (χ1n) is 25.1. The average molecular weight is 1030 g/mol. The summed E-state index contributed by atoms with van der Waals surface area (Å²) in [5.74, 6) is -2.36. The van der Waals surface area contributed by atoms with Crippen molar-refractivity contribution in [3.8, 4) is 0 Å². The average Bonchev–Trinajstić information content (AvgIpc) is 3.26. The van der Waals surface area contributed by atoms with Crippen molar-refractivity contribution in [3.63, 3.8) is 0 Å². The van der Waals surface area contributed by atoms with Gasteiger partial charge in [0.15, 0.2) is 0 Å². The number of hydrogen-bond donors (Lipinski definition) is 0. The molecule has 0 saturated heterocycles. The number of carboxylic acids is 2. The molecule has 2 aromatic carbocycles. The van der Waals surface area contributed by atoms with E-state index < -0.39 is 11.9 Å². The summed E-state index contributed by atoms with van der Waals surface area (Å²) >= 11 is 0. The van der Waals surface area contributed by atoms with Gasteiger partial charge in [0.1, 0.15) is 12.2 Å². The molecule has 0 bridgehead atoms. The predicted octanol–water partition coefficient (Wildman–Crippen LogP) is 11.1. The molecule has 0 spiro atoms. The van der Waals surface area contributed by atoms with Gasteiger partial charge in [-0.15, -0.1) is 0 Å². The van der Waals surface area contributed by atoms with E-state index in [2.05, 4.69) is 38.1 Å². The number of rotatable bonds is 40. The van der Waals surface area contributed by atoms with Crippen LogP contribution in [0.25, 0.3) is 0 Å². The van der Waals surface area contributed by atoms with Crippen molar-refractivity contribution < 1.29 is 48.3 Å². The van der Waals surface area contributed by atoms with Crippen LogP contribution >= 0.6 is 0 Å². The van der Waals surface area contributed by atoms with E-state index in [0.717, 1.165) is 140 Å². The van der Waals surface area contributed by atoms with E-state index in [1.807, 2.05) is 36.4 Å². The molecule has 0 saturated carbocycles. The van der Waals surface area contributed by atoms with Crippen LogP contribution in [-0.4, -0.2) is 97.2 Å². The minimum atomic E-state index is -0.956. The molecule has 10 nitrogen and oxygen atoms in total. The molecule has 0 N–H and O–H groups in total. The monoisotopic (exact) mass is 1030 g/mol. The summed E-state index contributed by atoms with van der Waals surface area (Å²) in [7, 11) is 0. The van der Waals surface area contributed by atoms with Crippen LogP contribution in [0.2, 0.25) is 0 Å². The summed E-state index contributed by atoms with van der Waals surface area (Å²) in [4.78, 5) is 44.1. The van der Waals surface area contributed by atoms with Crippen molar-refractivity contribution in [1.82, 2.24) is 0 Å². The minimum Gasteiger partial charge on any atom is -0.550 e. The molecule has 0 aliphatic heterocycles. The molecular formula is C54H86BaO10. The summed E-state index contributed by atoms with van der Waals surface area (Å²) in [6.07, 6.45) is 26.7. The topological polar surface area (TPSA) is 151 Å². The Morgan fingerprint density at radius 1 is 0.431 bits per heavy atom. The number of aliphatic carboxylic acids is 2. The van der Waals surface area contributed by atoms with Gasteiger partial charge in [-0.3, -0.25) is 9.59 Å². The summed E-state index contributed by atoms with van der Waals surface area (Å²) < 4.78 is 23.8. The van der Waals surface area contributed by atoms with E-state index in [-0.39, 0.29) is 98.1 Å². The first-order valence-corrected chi connectivity index (χ1v) is 25.1. The fourth-order valence-corrected chi connectivity index (χ4v) is 7.92. The summed E-state index contributed by atoms with van der Waals surface area (Å²) in [5.41, 5.74) is 2.33. The fourth-order valence-electron chi connectivity index (χ4n) is 7.92. The Kier molecular flexibility index (Phi) is 42.8. The smallest absolute Gasteiger partial charge is 0.550 e. The van der Waals surface area contributed by atoms with E-state index in [4.69, 9.17) is 18.9 Å². The second-order valence-corrected chi connectivity index (χ2v) is 17.5. The molecule has 0 heterocycles. The number of benzene rings is 2. The van der Waals surface area contributed by atoms with Crippen molar-refractivity contribution in [2.24, 2.45) is 0 Å². The third kappa shape index (κ3) is 40.6. The van der Waals surface area contributed by atoms with Gasteiger partial charge in [-0.05, 0) is 75.3 Å². The third-order valence-electron chi connectivity index (χ3n) is 11.4. The van der Waals surface area contributed by atoms with Crippen LogP contribution in [-0.2, 0) is 51.3 Å². The summed E-state index contributed by atoms with van der Waals surface area (Å²) in [6.45, 7) is 8.54. The van der Waals surface area contributed by atoms with Crippen LogP contribution < -0.4 is 10.2 Å². The van der Waals surface area contributed by atoms with Crippen molar-refractivity contribution in [1.29, 1.82) is 0 Å². The zero-order valence-corrected chi connectivity index (χ0v) is 45.5. The van der Waals surface area contributed by atoms with Crippen molar-refractivity contribution >= 4 is 72.8 Å². The molecule has 0 aliphatic rings. The van der Waals surface area contributed by atoms with Gasteiger partial charge in [0.25, 0.3) is 0 Å². The molecule has 0 aliphatic carbocycles. The largest absolute Gasteiger partial charge is 2.00 e. The van der Waals surface area contributed by atoms with Crippen molar-refractivity contribution in [2.75, 3.05) is 0 Å². The van der Waals surface area contributed by atoms with E-state index >= 15 is 0 Å². The first kappa shape index (κ1) is 62.8. The Balaban J connectivity index is 0.00000124. The van der Waals surface area contributed by atoms with Crippen LogP contribution in [0.4, 0.5) is 0 Å². The molecule has 0 amide bonds. The van der Waals surface area contributed by atoms with Gasteiger partial charge < -0.3 is 38.7 Å². The number of esters is 2. The van der Waals surface area contributed by atoms with Gasteiger partial charge >= 0.3 is 60.8 Å². The zero-order chi connectivity index (χ0) is 46.9. The molecule has 2 aromatic rings. The molecule has 2 rings (SSSR count). The maximum absolute atomic E-state index is 11.6. The first-order chi connectivity index (χ1) is 31.0. The molecule has 364 valence electrons. The maximum atomic E-state index is 11.6.